The lowest BCUT2D eigenvalue weighted by atomic mass is 9.74. The number of carbonyl (C=O) groups excluding carboxylic acids is 1. The maximum atomic E-state index is 12.5. The van der Waals surface area contributed by atoms with Gasteiger partial charge in [-0.15, -0.1) is 0 Å². The van der Waals surface area contributed by atoms with Crippen molar-refractivity contribution in [1.29, 1.82) is 0 Å². The van der Waals surface area contributed by atoms with E-state index in [9.17, 15) is 4.79 Å². The third kappa shape index (κ3) is 3.71. The Morgan fingerprint density at radius 1 is 1.21 bits per heavy atom. The third-order valence-electron chi connectivity index (χ3n) is 5.13. The molecule has 2 saturated carbocycles. The van der Waals surface area contributed by atoms with Crippen LogP contribution in [0.5, 0.6) is 0 Å². The van der Waals surface area contributed by atoms with E-state index in [1.165, 1.54) is 19.3 Å². The Balaban J connectivity index is 1.92. The Bertz CT molecular complexity index is 317. The molecule has 2 rings (SSSR count). The fourth-order valence-corrected chi connectivity index (χ4v) is 4.03. The zero-order valence-electron chi connectivity index (χ0n) is 12.7. The van der Waals surface area contributed by atoms with Gasteiger partial charge in [-0.2, -0.15) is 0 Å². The number of nitrogens with two attached hydrogens (primary N) is 1. The number of hydrogen-bond donors (Lipinski definition) is 2. The van der Waals surface area contributed by atoms with Crippen LogP contribution in [0.1, 0.15) is 65.7 Å². The molecule has 0 heterocycles. The van der Waals surface area contributed by atoms with E-state index in [4.69, 9.17) is 5.73 Å². The topological polar surface area (TPSA) is 55.1 Å². The van der Waals surface area contributed by atoms with Crippen LogP contribution < -0.4 is 11.1 Å². The normalized spacial score (nSPS) is 38.7. The first-order valence-electron chi connectivity index (χ1n) is 7.95. The van der Waals surface area contributed by atoms with Crippen molar-refractivity contribution in [3.8, 4) is 0 Å². The summed E-state index contributed by atoms with van der Waals surface area (Å²) in [6, 6.07) is 0.415. The number of carbonyl (C=O) groups is 1. The molecule has 2 aliphatic rings. The van der Waals surface area contributed by atoms with Crippen LogP contribution in [-0.4, -0.2) is 18.0 Å². The standard InChI is InChI=1S/C16H30N2O/c1-11-6-4-8-13(17)14(11)15(19)18-12-7-5-9-16(2,3)10-12/h11-14H,4-10,17H2,1-3H3,(H,18,19). The van der Waals surface area contributed by atoms with Gasteiger partial charge < -0.3 is 11.1 Å². The molecule has 1 amide bonds. The Hall–Kier alpha value is -0.570. The molecule has 0 radical (unpaired) electrons. The summed E-state index contributed by atoms with van der Waals surface area (Å²) in [5.74, 6) is 0.668. The van der Waals surface area contributed by atoms with Gasteiger partial charge in [0.2, 0.25) is 5.91 Å². The van der Waals surface area contributed by atoms with Crippen LogP contribution in [0.15, 0.2) is 0 Å². The average Bonchev–Trinajstić information content (AvgIpc) is 2.27. The number of hydrogen-bond acceptors (Lipinski definition) is 2. The lowest BCUT2D eigenvalue weighted by molar-refractivity contribution is -0.129. The van der Waals surface area contributed by atoms with Crippen molar-refractivity contribution in [2.75, 3.05) is 0 Å². The molecule has 3 heteroatoms. The molecule has 0 aromatic carbocycles. The van der Waals surface area contributed by atoms with Crippen LogP contribution in [0.25, 0.3) is 0 Å². The van der Waals surface area contributed by atoms with E-state index in [1.54, 1.807) is 0 Å². The summed E-state index contributed by atoms with van der Waals surface area (Å²) in [4.78, 5) is 12.5. The highest BCUT2D eigenvalue weighted by molar-refractivity contribution is 5.80. The first-order chi connectivity index (χ1) is 8.89. The van der Waals surface area contributed by atoms with Gasteiger partial charge in [0.25, 0.3) is 0 Å². The van der Waals surface area contributed by atoms with E-state index in [1.807, 2.05) is 0 Å². The summed E-state index contributed by atoms with van der Waals surface area (Å²) >= 11 is 0. The Morgan fingerprint density at radius 2 is 1.95 bits per heavy atom. The lowest BCUT2D eigenvalue weighted by Crippen LogP contribution is -2.51. The number of amides is 1. The maximum Gasteiger partial charge on any atom is 0.225 e. The van der Waals surface area contributed by atoms with Crippen LogP contribution in [0.3, 0.4) is 0 Å². The van der Waals surface area contributed by atoms with Crippen molar-refractivity contribution in [2.45, 2.75) is 77.8 Å². The van der Waals surface area contributed by atoms with Gasteiger partial charge in [-0.3, -0.25) is 4.79 Å². The van der Waals surface area contributed by atoms with E-state index in [-0.39, 0.29) is 17.9 Å². The molecule has 0 aromatic rings. The quantitative estimate of drug-likeness (QED) is 0.807. The zero-order chi connectivity index (χ0) is 14.0. The summed E-state index contributed by atoms with van der Waals surface area (Å²) in [6.45, 7) is 6.79. The maximum absolute atomic E-state index is 12.5. The van der Waals surface area contributed by atoms with Crippen molar-refractivity contribution in [3.63, 3.8) is 0 Å². The molecular weight excluding hydrogens is 236 g/mol. The highest BCUT2D eigenvalue weighted by Gasteiger charge is 2.36. The van der Waals surface area contributed by atoms with E-state index >= 15 is 0 Å². The van der Waals surface area contributed by atoms with E-state index < -0.39 is 0 Å². The molecule has 0 saturated heterocycles. The lowest BCUT2D eigenvalue weighted by Gasteiger charge is -2.38. The SMILES string of the molecule is CC1CCCC(N)C1C(=O)NC1CCCC(C)(C)C1. The second-order valence-electron chi connectivity index (χ2n) is 7.56. The zero-order valence-corrected chi connectivity index (χ0v) is 12.7. The highest BCUT2D eigenvalue weighted by atomic mass is 16.2. The molecule has 0 spiro atoms. The second-order valence-corrected chi connectivity index (χ2v) is 7.56. The smallest absolute Gasteiger partial charge is 0.225 e. The first-order valence-corrected chi connectivity index (χ1v) is 7.95. The monoisotopic (exact) mass is 266 g/mol. The average molecular weight is 266 g/mol. The predicted octanol–water partition coefficient (Wildman–Crippen LogP) is 2.83. The number of rotatable bonds is 2. The van der Waals surface area contributed by atoms with Crippen molar-refractivity contribution < 1.29 is 4.79 Å². The van der Waals surface area contributed by atoms with Gasteiger partial charge in [0.15, 0.2) is 0 Å². The summed E-state index contributed by atoms with van der Waals surface area (Å²) in [7, 11) is 0. The van der Waals surface area contributed by atoms with Gasteiger partial charge >= 0.3 is 0 Å². The number of nitrogens with one attached hydrogen (secondary N) is 1. The minimum atomic E-state index is 0.0267. The molecule has 3 nitrogen and oxygen atoms in total. The molecule has 0 aliphatic heterocycles. The summed E-state index contributed by atoms with van der Waals surface area (Å²) in [5, 5.41) is 3.29. The molecule has 4 atom stereocenters. The third-order valence-corrected chi connectivity index (χ3v) is 5.13. The Labute approximate surface area is 117 Å². The van der Waals surface area contributed by atoms with E-state index in [0.717, 1.165) is 25.7 Å². The van der Waals surface area contributed by atoms with Gasteiger partial charge in [0.1, 0.15) is 0 Å². The van der Waals surface area contributed by atoms with Crippen LogP contribution in [0.4, 0.5) is 0 Å². The van der Waals surface area contributed by atoms with Gasteiger partial charge in [-0.05, 0) is 43.4 Å². The van der Waals surface area contributed by atoms with Crippen LogP contribution >= 0.6 is 0 Å². The summed E-state index contributed by atoms with van der Waals surface area (Å²) in [5.41, 5.74) is 6.54. The Kier molecular flexibility index (Phi) is 4.54. The van der Waals surface area contributed by atoms with Crippen LogP contribution in [0, 0.1) is 17.3 Å². The van der Waals surface area contributed by atoms with Gasteiger partial charge in [-0.25, -0.2) is 0 Å². The molecule has 110 valence electrons. The Morgan fingerprint density at radius 3 is 2.58 bits per heavy atom. The van der Waals surface area contributed by atoms with Gasteiger partial charge in [0, 0.05) is 12.1 Å². The van der Waals surface area contributed by atoms with Crippen molar-refractivity contribution in [1.82, 2.24) is 5.32 Å². The van der Waals surface area contributed by atoms with Crippen molar-refractivity contribution in [2.24, 2.45) is 23.0 Å². The fraction of sp³-hybridized carbons (Fsp3) is 0.938. The molecule has 2 fully saturated rings. The largest absolute Gasteiger partial charge is 0.353 e. The summed E-state index contributed by atoms with van der Waals surface area (Å²) in [6.07, 6.45) is 8.05. The molecular formula is C16H30N2O. The van der Waals surface area contributed by atoms with Gasteiger partial charge in [0.05, 0.1) is 5.92 Å². The predicted molar refractivity (Wildman–Crippen MR) is 78.7 cm³/mol. The van der Waals surface area contributed by atoms with Crippen LogP contribution in [0.2, 0.25) is 0 Å². The molecule has 2 aliphatic carbocycles. The van der Waals surface area contributed by atoms with E-state index in [2.05, 4.69) is 26.1 Å². The fourth-order valence-electron chi connectivity index (χ4n) is 4.03. The molecule has 0 bridgehead atoms. The van der Waals surface area contributed by atoms with Gasteiger partial charge in [-0.1, -0.05) is 33.6 Å². The molecule has 0 aromatic heterocycles. The molecule has 4 unspecified atom stereocenters. The minimum Gasteiger partial charge on any atom is -0.353 e. The highest BCUT2D eigenvalue weighted by Crippen LogP contribution is 2.36. The first kappa shape index (κ1) is 14.8. The molecule has 3 N–H and O–H groups in total. The molecule has 19 heavy (non-hydrogen) atoms. The van der Waals surface area contributed by atoms with Crippen molar-refractivity contribution in [3.05, 3.63) is 0 Å². The minimum absolute atomic E-state index is 0.0267. The van der Waals surface area contributed by atoms with Crippen molar-refractivity contribution >= 4 is 5.91 Å². The van der Waals surface area contributed by atoms with E-state index in [0.29, 0.717) is 17.4 Å². The second kappa shape index (κ2) is 5.82. The van der Waals surface area contributed by atoms with Crippen LogP contribution in [-0.2, 0) is 4.79 Å². The summed E-state index contributed by atoms with van der Waals surface area (Å²) < 4.78 is 0.